The normalized spacial score (nSPS) is 19.4. The molecule has 27 heavy (non-hydrogen) atoms. The third-order valence-corrected chi connectivity index (χ3v) is 5.12. The van der Waals surface area contributed by atoms with Crippen molar-refractivity contribution in [2.45, 2.75) is 25.3 Å². The van der Waals surface area contributed by atoms with Crippen LogP contribution in [0.3, 0.4) is 0 Å². The van der Waals surface area contributed by atoms with E-state index in [2.05, 4.69) is 28.8 Å². The van der Waals surface area contributed by atoms with Gasteiger partial charge >= 0.3 is 6.03 Å². The zero-order valence-electron chi connectivity index (χ0n) is 15.2. The van der Waals surface area contributed by atoms with Crippen LogP contribution in [0.5, 0.6) is 0 Å². The first kappa shape index (κ1) is 17.3. The summed E-state index contributed by atoms with van der Waals surface area (Å²) >= 11 is 0. The summed E-state index contributed by atoms with van der Waals surface area (Å²) in [5.74, 6) is 0.0861. The summed E-state index contributed by atoms with van der Waals surface area (Å²) in [4.78, 5) is 26.0. The van der Waals surface area contributed by atoms with E-state index >= 15 is 0 Å². The summed E-state index contributed by atoms with van der Waals surface area (Å²) in [5.41, 5.74) is 4.13. The molecule has 1 atom stereocenters. The highest BCUT2D eigenvalue weighted by Crippen LogP contribution is 2.26. The van der Waals surface area contributed by atoms with Crippen molar-refractivity contribution in [3.8, 4) is 0 Å². The number of urea groups is 1. The van der Waals surface area contributed by atoms with Gasteiger partial charge in [-0.1, -0.05) is 48.5 Å². The zero-order chi connectivity index (χ0) is 18.6. The maximum atomic E-state index is 12.7. The molecule has 1 unspecified atom stereocenters. The molecular formula is C22H23N3O2. The van der Waals surface area contributed by atoms with Gasteiger partial charge in [0.05, 0.1) is 6.04 Å². The van der Waals surface area contributed by atoms with Crippen molar-refractivity contribution < 1.29 is 9.59 Å². The molecule has 2 aromatic rings. The van der Waals surface area contributed by atoms with Crippen LogP contribution in [-0.2, 0) is 4.79 Å². The van der Waals surface area contributed by atoms with Crippen molar-refractivity contribution in [3.63, 3.8) is 0 Å². The second kappa shape index (κ2) is 7.66. The topological polar surface area (TPSA) is 61.4 Å². The Morgan fingerprint density at radius 3 is 2.74 bits per heavy atom. The lowest BCUT2D eigenvalue weighted by molar-refractivity contribution is -0.119. The molecule has 0 aliphatic carbocycles. The van der Waals surface area contributed by atoms with Crippen LogP contribution in [-0.4, -0.2) is 29.9 Å². The summed E-state index contributed by atoms with van der Waals surface area (Å²) in [6.07, 6.45) is 4.42. The molecule has 1 fully saturated rings. The van der Waals surface area contributed by atoms with Gasteiger partial charge in [-0.25, -0.2) is 4.79 Å². The number of rotatable bonds is 3. The highest BCUT2D eigenvalue weighted by Gasteiger charge is 2.23. The van der Waals surface area contributed by atoms with Gasteiger partial charge in [0.2, 0.25) is 5.91 Å². The van der Waals surface area contributed by atoms with E-state index in [-0.39, 0.29) is 18.0 Å². The Bertz CT molecular complexity index is 876. The number of nitrogens with one attached hydrogen (secondary N) is 2. The minimum atomic E-state index is -0.0934. The van der Waals surface area contributed by atoms with Gasteiger partial charge in [-0.15, -0.1) is 0 Å². The number of anilines is 1. The van der Waals surface area contributed by atoms with E-state index in [1.165, 1.54) is 5.57 Å². The van der Waals surface area contributed by atoms with Crippen molar-refractivity contribution in [1.29, 1.82) is 0 Å². The maximum absolute atomic E-state index is 12.7. The fourth-order valence-electron chi connectivity index (χ4n) is 3.68. The Kier molecular flexibility index (Phi) is 4.92. The van der Waals surface area contributed by atoms with E-state index in [0.29, 0.717) is 19.5 Å². The highest BCUT2D eigenvalue weighted by molar-refractivity contribution is 5.91. The van der Waals surface area contributed by atoms with Crippen molar-refractivity contribution in [2.75, 3.05) is 18.4 Å². The lowest BCUT2D eigenvalue weighted by Crippen LogP contribution is -2.38. The van der Waals surface area contributed by atoms with Gasteiger partial charge in [0, 0.05) is 25.2 Å². The average molecular weight is 361 g/mol. The molecule has 2 aliphatic heterocycles. The number of amides is 3. The third-order valence-electron chi connectivity index (χ3n) is 5.12. The summed E-state index contributed by atoms with van der Waals surface area (Å²) < 4.78 is 0. The summed E-state index contributed by atoms with van der Waals surface area (Å²) in [6, 6.07) is 17.9. The van der Waals surface area contributed by atoms with Crippen molar-refractivity contribution >= 4 is 23.2 Å². The van der Waals surface area contributed by atoms with Crippen LogP contribution in [0.25, 0.3) is 5.57 Å². The van der Waals surface area contributed by atoms with Crippen LogP contribution < -0.4 is 10.6 Å². The lowest BCUT2D eigenvalue weighted by atomic mass is 10.0. The third kappa shape index (κ3) is 4.03. The molecule has 2 N–H and O–H groups in total. The summed E-state index contributed by atoms with van der Waals surface area (Å²) in [7, 11) is 0. The number of carbonyl (C=O) groups excluding carboxylic acids is 2. The van der Waals surface area contributed by atoms with Crippen LogP contribution in [0.4, 0.5) is 10.5 Å². The lowest BCUT2D eigenvalue weighted by Gasteiger charge is -2.28. The molecule has 3 amide bonds. The van der Waals surface area contributed by atoms with Gasteiger partial charge in [0.15, 0.2) is 0 Å². The van der Waals surface area contributed by atoms with Gasteiger partial charge in [0.1, 0.15) is 0 Å². The van der Waals surface area contributed by atoms with E-state index in [0.717, 1.165) is 29.7 Å². The van der Waals surface area contributed by atoms with Crippen LogP contribution in [0.2, 0.25) is 0 Å². The van der Waals surface area contributed by atoms with E-state index in [1.807, 2.05) is 47.4 Å². The fourth-order valence-corrected chi connectivity index (χ4v) is 3.68. The fraction of sp³-hybridized carbons (Fsp3) is 0.273. The first-order valence-electron chi connectivity index (χ1n) is 9.39. The van der Waals surface area contributed by atoms with E-state index in [1.54, 1.807) is 0 Å². The Hall–Kier alpha value is -3.08. The molecule has 1 saturated heterocycles. The predicted molar refractivity (Wildman–Crippen MR) is 106 cm³/mol. The molecule has 0 aromatic heterocycles. The summed E-state index contributed by atoms with van der Waals surface area (Å²) in [5, 5.41) is 5.97. The molecular weight excluding hydrogens is 338 g/mol. The van der Waals surface area contributed by atoms with Crippen molar-refractivity contribution in [2.24, 2.45) is 0 Å². The minimum absolute atomic E-state index is 0.0388. The van der Waals surface area contributed by atoms with Crippen molar-refractivity contribution in [3.05, 3.63) is 71.8 Å². The monoisotopic (exact) mass is 361 g/mol. The van der Waals surface area contributed by atoms with Gasteiger partial charge in [-0.2, -0.15) is 0 Å². The Morgan fingerprint density at radius 2 is 1.96 bits per heavy atom. The molecule has 5 nitrogen and oxygen atoms in total. The predicted octanol–water partition coefficient (Wildman–Crippen LogP) is 3.96. The molecule has 138 valence electrons. The molecule has 2 heterocycles. The Balaban J connectivity index is 1.42. The Morgan fingerprint density at radius 1 is 1.11 bits per heavy atom. The van der Waals surface area contributed by atoms with Crippen LogP contribution in [0.15, 0.2) is 60.7 Å². The number of hydrogen-bond donors (Lipinski definition) is 2. The smallest absolute Gasteiger partial charge is 0.322 e. The van der Waals surface area contributed by atoms with Crippen LogP contribution >= 0.6 is 0 Å². The number of benzene rings is 2. The molecule has 0 saturated carbocycles. The molecule has 4 rings (SSSR count). The number of carbonyl (C=O) groups is 2. The average Bonchev–Trinajstić information content (AvgIpc) is 3.15. The van der Waals surface area contributed by atoms with Gasteiger partial charge in [-0.3, -0.25) is 4.79 Å². The van der Waals surface area contributed by atoms with E-state index in [4.69, 9.17) is 0 Å². The van der Waals surface area contributed by atoms with Crippen LogP contribution in [0, 0.1) is 0 Å². The van der Waals surface area contributed by atoms with Gasteiger partial charge in [-0.05, 0) is 41.7 Å². The zero-order valence-corrected chi connectivity index (χ0v) is 15.2. The molecule has 0 spiro atoms. The molecule has 5 heteroatoms. The molecule has 2 aromatic carbocycles. The first-order valence-corrected chi connectivity index (χ1v) is 9.39. The maximum Gasteiger partial charge on any atom is 0.322 e. The van der Waals surface area contributed by atoms with Gasteiger partial charge in [0.25, 0.3) is 0 Å². The number of hydrogen-bond acceptors (Lipinski definition) is 2. The van der Waals surface area contributed by atoms with Crippen LogP contribution in [0.1, 0.15) is 36.4 Å². The molecule has 0 bridgehead atoms. The second-order valence-electron chi connectivity index (χ2n) is 7.02. The van der Waals surface area contributed by atoms with E-state index in [9.17, 15) is 9.59 Å². The second-order valence-corrected chi connectivity index (χ2v) is 7.02. The summed E-state index contributed by atoms with van der Waals surface area (Å²) in [6.45, 7) is 1.31. The van der Waals surface area contributed by atoms with Gasteiger partial charge < -0.3 is 15.5 Å². The minimum Gasteiger partial charge on any atom is -0.349 e. The SMILES string of the molecule is O=C1CCC(c2cccc(NC(=O)N3CCC=C(c4ccccc4)C3)c2)N1. The van der Waals surface area contributed by atoms with Crippen molar-refractivity contribution in [1.82, 2.24) is 10.2 Å². The standard InChI is InChI=1S/C22H23N3O2/c26-21-12-11-20(24-21)17-8-4-10-19(14-17)23-22(27)25-13-5-9-18(15-25)16-6-2-1-3-7-16/h1-4,6-10,14,20H,5,11-13,15H2,(H,23,27)(H,24,26). The molecule has 0 radical (unpaired) electrons. The van der Waals surface area contributed by atoms with E-state index < -0.39 is 0 Å². The Labute approximate surface area is 159 Å². The number of nitrogens with zero attached hydrogens (tertiary/aromatic N) is 1. The quantitative estimate of drug-likeness (QED) is 0.869. The highest BCUT2D eigenvalue weighted by atomic mass is 16.2. The first-order chi connectivity index (χ1) is 13.2. The largest absolute Gasteiger partial charge is 0.349 e. The molecule has 2 aliphatic rings.